The van der Waals surface area contributed by atoms with Crippen LogP contribution in [-0.4, -0.2) is 14.1 Å². The van der Waals surface area contributed by atoms with Gasteiger partial charge in [-0.2, -0.15) is 18.2 Å². The molecular weight excluding hydrogens is 952 g/mol. The molecule has 0 atom stereocenters. The number of para-hydroxylation sites is 2. The molecule has 0 aliphatic heterocycles. The summed E-state index contributed by atoms with van der Waals surface area (Å²) in [5.74, 6) is 0.491. The summed E-state index contributed by atoms with van der Waals surface area (Å²) in [5.41, 5.74) is 5.75. The Hall–Kier alpha value is -7.33. The minimum Gasteiger partial charge on any atom is -0.510 e. The van der Waals surface area contributed by atoms with E-state index < -0.39 is 66.3 Å². The molecular formula is C57H40N4OPt-2. The van der Waals surface area contributed by atoms with Gasteiger partial charge in [0.25, 0.3) is 6.33 Å². The van der Waals surface area contributed by atoms with E-state index in [1.807, 2.05) is 122 Å². The van der Waals surface area contributed by atoms with Gasteiger partial charge in [-0.3, -0.25) is 4.57 Å². The van der Waals surface area contributed by atoms with Gasteiger partial charge in [-0.25, -0.2) is 4.98 Å². The van der Waals surface area contributed by atoms with Gasteiger partial charge in [0.1, 0.15) is 5.82 Å². The second kappa shape index (κ2) is 16.9. The molecule has 11 rings (SSSR count). The number of imidazole rings is 1. The summed E-state index contributed by atoms with van der Waals surface area (Å²) in [6, 6.07) is 42.6. The first-order valence-electron chi connectivity index (χ1n) is 25.5. The van der Waals surface area contributed by atoms with E-state index in [0.717, 1.165) is 38.5 Å². The van der Waals surface area contributed by atoms with E-state index in [4.69, 9.17) is 24.8 Å². The molecule has 6 heteroatoms. The van der Waals surface area contributed by atoms with Crippen LogP contribution >= 0.6 is 0 Å². The fraction of sp³-hybridized carbons (Fsp3) is 0.0526. The summed E-state index contributed by atoms with van der Waals surface area (Å²) in [6.45, 7) is 3.67. The van der Waals surface area contributed by atoms with E-state index in [1.165, 1.54) is 0 Å². The first-order chi connectivity index (χ1) is 35.0. The summed E-state index contributed by atoms with van der Waals surface area (Å²) >= 11 is 0. The van der Waals surface area contributed by atoms with Crippen molar-refractivity contribution in [1.82, 2.24) is 14.1 Å². The van der Waals surface area contributed by atoms with Gasteiger partial charge in [0, 0.05) is 45.6 Å². The fourth-order valence-electron chi connectivity index (χ4n) is 7.99. The van der Waals surface area contributed by atoms with Crippen molar-refractivity contribution in [2.45, 2.75) is 19.7 Å². The van der Waals surface area contributed by atoms with E-state index in [9.17, 15) is 0 Å². The Morgan fingerprint density at radius 3 is 2.06 bits per heavy atom. The summed E-state index contributed by atoms with van der Waals surface area (Å²) < 4.78 is 109. The van der Waals surface area contributed by atoms with Gasteiger partial charge < -0.3 is 13.9 Å². The van der Waals surface area contributed by atoms with Crippen LogP contribution in [0.5, 0.6) is 11.5 Å². The molecule has 0 fully saturated rings. The molecule has 63 heavy (non-hydrogen) atoms. The van der Waals surface area contributed by atoms with Gasteiger partial charge in [0.2, 0.25) is 0 Å². The third-order valence-electron chi connectivity index (χ3n) is 10.9. The summed E-state index contributed by atoms with van der Waals surface area (Å²) in [7, 11) is 0. The van der Waals surface area contributed by atoms with Gasteiger partial charge in [0.15, 0.2) is 0 Å². The first kappa shape index (κ1) is 29.1. The monoisotopic (exact) mass is 1000 g/mol. The molecule has 0 bridgehead atoms. The Balaban J connectivity index is 0.00000626. The van der Waals surface area contributed by atoms with Crippen molar-refractivity contribution in [2.24, 2.45) is 0 Å². The third-order valence-corrected chi connectivity index (χ3v) is 10.9. The number of benzene rings is 8. The zero-order valence-corrected chi connectivity index (χ0v) is 36.1. The van der Waals surface area contributed by atoms with E-state index in [0.29, 0.717) is 34.0 Å². The van der Waals surface area contributed by atoms with Gasteiger partial charge >= 0.3 is 0 Å². The quantitative estimate of drug-likeness (QED) is 0.107. The molecule has 3 aromatic heterocycles. The van der Waals surface area contributed by atoms with Crippen molar-refractivity contribution in [3.05, 3.63) is 224 Å². The molecule has 0 spiro atoms. The van der Waals surface area contributed by atoms with Gasteiger partial charge in [-0.15, -0.1) is 29.7 Å². The Bertz CT molecular complexity index is 3930. The minimum absolute atomic E-state index is 0. The number of nitrogens with zero attached hydrogens (tertiary/aromatic N) is 4. The number of rotatable bonds is 9. The Morgan fingerprint density at radius 2 is 1.32 bits per heavy atom. The van der Waals surface area contributed by atoms with Gasteiger partial charge in [0.05, 0.1) is 30.4 Å². The van der Waals surface area contributed by atoms with Crippen LogP contribution in [0, 0.1) is 18.5 Å². The third kappa shape index (κ3) is 7.35. The molecule has 0 saturated carbocycles. The number of aromatic nitrogens is 4. The van der Waals surface area contributed by atoms with Crippen LogP contribution in [0.15, 0.2) is 200 Å². The molecule has 0 aliphatic rings. The molecule has 8 aromatic carbocycles. The van der Waals surface area contributed by atoms with Crippen molar-refractivity contribution in [1.29, 1.82) is 0 Å². The molecule has 0 N–H and O–H groups in total. The average Bonchev–Trinajstić information content (AvgIpc) is 3.95. The zero-order chi connectivity index (χ0) is 51.2. The molecule has 306 valence electrons. The van der Waals surface area contributed by atoms with Crippen molar-refractivity contribution >= 4 is 32.8 Å². The van der Waals surface area contributed by atoms with E-state index in [-0.39, 0.29) is 49.0 Å². The predicted molar refractivity (Wildman–Crippen MR) is 250 cm³/mol. The first-order valence-corrected chi connectivity index (χ1v) is 20.0. The summed E-state index contributed by atoms with van der Waals surface area (Å²) in [5, 5.41) is 1.92. The predicted octanol–water partition coefficient (Wildman–Crippen LogP) is 13.7. The Morgan fingerprint density at radius 1 is 0.619 bits per heavy atom. The normalized spacial score (nSPS) is 14.0. The smallest absolute Gasteiger partial charge is 0.268 e. The fourth-order valence-corrected chi connectivity index (χ4v) is 7.99. The molecule has 0 amide bonds. The second-order valence-corrected chi connectivity index (χ2v) is 14.9. The van der Waals surface area contributed by atoms with Gasteiger partial charge in [-0.05, 0) is 80.2 Å². The molecule has 5 nitrogen and oxygen atoms in total. The Labute approximate surface area is 396 Å². The maximum Gasteiger partial charge on any atom is 0.268 e. The van der Waals surface area contributed by atoms with Crippen molar-refractivity contribution in [2.75, 3.05) is 0 Å². The van der Waals surface area contributed by atoms with Crippen molar-refractivity contribution in [3.63, 3.8) is 0 Å². The molecule has 0 aliphatic carbocycles. The largest absolute Gasteiger partial charge is 0.510 e. The average molecular weight is 1000 g/mol. The second-order valence-electron chi connectivity index (χ2n) is 14.9. The van der Waals surface area contributed by atoms with E-state index in [1.54, 1.807) is 45.7 Å². The SMILES string of the molecule is [2H]c1c([2H])c([2H])c(-c2cccc(-c3c([2H])c([2H])c([2H])c([2H])c3[2H])c2-[n+]2[c-]n(-c3[c-]c(Oc4[c-]c5c(cc4)c4ccccc4n5-c4cc(C([2H])(C)C)ccn4)ccc3)c3ccc(-c4ccccc4)cc32)c([2H])c1[2H].[Pt]. The van der Waals surface area contributed by atoms with Crippen LogP contribution in [0.4, 0.5) is 0 Å². The Kier molecular flexibility index (Phi) is 7.77. The van der Waals surface area contributed by atoms with Crippen LogP contribution in [0.1, 0.15) is 40.4 Å². The van der Waals surface area contributed by atoms with Crippen LogP contribution in [0.3, 0.4) is 0 Å². The maximum absolute atomic E-state index is 9.12. The topological polar surface area (TPSA) is 35.9 Å². The van der Waals surface area contributed by atoms with Gasteiger partial charge in [-0.1, -0.05) is 159 Å². The molecule has 0 saturated heterocycles. The van der Waals surface area contributed by atoms with E-state index in [2.05, 4.69) is 18.5 Å². The van der Waals surface area contributed by atoms with Crippen LogP contribution in [-0.2, 0) is 21.1 Å². The number of hydrogen-bond acceptors (Lipinski definition) is 2. The maximum atomic E-state index is 9.12. The number of hydrogen-bond donors (Lipinski definition) is 0. The number of fused-ring (bicyclic) bond motifs is 4. The number of pyridine rings is 1. The standard InChI is InChI=1S/C57H40N4O.Pt/c1-39(2)43-32-33-58-56(35-43)61-52-27-13-12-24-50(52)51-30-29-47(37-54(51)61)62-46-23-14-22-45(36-46)59-38-60(55-34-44(28-31-53(55)59)40-16-6-3-7-17-40)57-48(41-18-8-4-9-19-41)25-15-26-49(57)42-20-10-5-11-21-42;/h3-35,39H,1-2H3;/q-2;/i4D,5D,8D,9D,10D,11D,18D,19D,20D,21D,39D;. The van der Waals surface area contributed by atoms with Crippen molar-refractivity contribution < 1.29 is 45.4 Å². The molecule has 0 unspecified atom stereocenters. The minimum atomic E-state index is -0.860. The number of ether oxygens (including phenoxy) is 1. The summed E-state index contributed by atoms with van der Waals surface area (Å²) in [4.78, 5) is 4.73. The van der Waals surface area contributed by atoms with Crippen LogP contribution in [0.25, 0.3) is 83.4 Å². The zero-order valence-electron chi connectivity index (χ0n) is 44.8. The molecule has 0 radical (unpaired) electrons. The molecule has 11 aromatic rings. The van der Waals surface area contributed by atoms with Crippen molar-refractivity contribution in [3.8, 4) is 62.1 Å². The van der Waals surface area contributed by atoms with E-state index >= 15 is 0 Å². The van der Waals surface area contributed by atoms with Crippen LogP contribution in [0.2, 0.25) is 0 Å². The van der Waals surface area contributed by atoms with Crippen LogP contribution < -0.4 is 9.30 Å². The summed E-state index contributed by atoms with van der Waals surface area (Å²) in [6.07, 6.45) is 5.17. The molecule has 3 heterocycles.